The molecule has 4 heteroatoms. The number of hydrogen-bond acceptors (Lipinski definition) is 3. The Bertz CT molecular complexity index is 907. The summed E-state index contributed by atoms with van der Waals surface area (Å²) in [5.41, 5.74) is 3.75. The van der Waals surface area contributed by atoms with Gasteiger partial charge in [0.1, 0.15) is 6.61 Å². The highest BCUT2D eigenvalue weighted by Gasteiger charge is 2.09. The summed E-state index contributed by atoms with van der Waals surface area (Å²) >= 11 is 0. The van der Waals surface area contributed by atoms with Gasteiger partial charge < -0.3 is 14.8 Å². The first-order valence-corrected chi connectivity index (χ1v) is 8.84. The fourth-order valence-electron chi connectivity index (χ4n) is 2.75. The van der Waals surface area contributed by atoms with E-state index in [0.29, 0.717) is 30.2 Å². The molecule has 0 aliphatic carbocycles. The second-order valence-corrected chi connectivity index (χ2v) is 6.31. The molecule has 0 saturated heterocycles. The Labute approximate surface area is 159 Å². The molecule has 0 spiro atoms. The van der Waals surface area contributed by atoms with E-state index in [9.17, 15) is 4.79 Å². The van der Waals surface area contributed by atoms with Crippen molar-refractivity contribution in [2.24, 2.45) is 0 Å². The lowest BCUT2D eigenvalue weighted by atomic mass is 10.1. The van der Waals surface area contributed by atoms with Crippen LogP contribution in [-0.2, 0) is 13.2 Å². The first kappa shape index (κ1) is 18.5. The van der Waals surface area contributed by atoms with Crippen LogP contribution in [0.2, 0.25) is 0 Å². The van der Waals surface area contributed by atoms with Crippen LogP contribution < -0.4 is 14.8 Å². The number of methoxy groups -OCH3 is 1. The van der Waals surface area contributed by atoms with Crippen molar-refractivity contribution >= 4 is 5.91 Å². The van der Waals surface area contributed by atoms with Crippen molar-refractivity contribution in [3.63, 3.8) is 0 Å². The Morgan fingerprint density at radius 2 is 1.70 bits per heavy atom. The molecule has 0 aliphatic heterocycles. The second-order valence-electron chi connectivity index (χ2n) is 6.31. The molecule has 0 radical (unpaired) electrons. The summed E-state index contributed by atoms with van der Waals surface area (Å²) in [5, 5.41) is 2.94. The molecule has 4 nitrogen and oxygen atoms in total. The van der Waals surface area contributed by atoms with Gasteiger partial charge in [0.05, 0.1) is 7.11 Å². The monoisotopic (exact) mass is 361 g/mol. The summed E-state index contributed by atoms with van der Waals surface area (Å²) in [4.78, 5) is 12.3. The van der Waals surface area contributed by atoms with Crippen LogP contribution in [0.5, 0.6) is 11.5 Å². The van der Waals surface area contributed by atoms with E-state index in [1.54, 1.807) is 7.11 Å². The molecule has 1 amide bonds. The Morgan fingerprint density at radius 1 is 0.889 bits per heavy atom. The van der Waals surface area contributed by atoms with E-state index in [1.165, 1.54) is 0 Å². The van der Waals surface area contributed by atoms with Crippen LogP contribution in [-0.4, -0.2) is 13.0 Å². The summed E-state index contributed by atoms with van der Waals surface area (Å²) in [6, 6.07) is 23.2. The predicted octanol–water partition coefficient (Wildman–Crippen LogP) is 4.51. The molecule has 27 heavy (non-hydrogen) atoms. The van der Waals surface area contributed by atoms with Gasteiger partial charge >= 0.3 is 0 Å². The quantitative estimate of drug-likeness (QED) is 0.673. The van der Waals surface area contributed by atoms with Gasteiger partial charge in [0.25, 0.3) is 5.91 Å². The normalized spacial score (nSPS) is 10.3. The Kier molecular flexibility index (Phi) is 6.10. The summed E-state index contributed by atoms with van der Waals surface area (Å²) in [6.07, 6.45) is 0. The molecule has 0 heterocycles. The van der Waals surface area contributed by atoms with E-state index >= 15 is 0 Å². The third-order valence-corrected chi connectivity index (χ3v) is 4.20. The third-order valence-electron chi connectivity index (χ3n) is 4.20. The van der Waals surface area contributed by atoms with Crippen LogP contribution in [0.3, 0.4) is 0 Å². The SMILES string of the molecule is COc1cc(CNC(=O)c2cccc(C)c2)ccc1OCc1ccccc1. The van der Waals surface area contributed by atoms with Gasteiger partial charge in [-0.15, -0.1) is 0 Å². The minimum Gasteiger partial charge on any atom is -0.493 e. The molecular formula is C23H23NO3. The molecule has 3 aromatic carbocycles. The van der Waals surface area contributed by atoms with Gasteiger partial charge in [-0.05, 0) is 42.3 Å². The van der Waals surface area contributed by atoms with E-state index in [4.69, 9.17) is 9.47 Å². The molecule has 0 fully saturated rings. The topological polar surface area (TPSA) is 47.6 Å². The minimum atomic E-state index is -0.0953. The lowest BCUT2D eigenvalue weighted by molar-refractivity contribution is 0.0951. The van der Waals surface area contributed by atoms with Gasteiger partial charge in [0, 0.05) is 12.1 Å². The van der Waals surface area contributed by atoms with Crippen molar-refractivity contribution in [2.75, 3.05) is 7.11 Å². The van der Waals surface area contributed by atoms with E-state index in [-0.39, 0.29) is 5.91 Å². The fraction of sp³-hybridized carbons (Fsp3) is 0.174. The van der Waals surface area contributed by atoms with Crippen molar-refractivity contribution in [3.05, 3.63) is 95.1 Å². The molecule has 0 bridgehead atoms. The van der Waals surface area contributed by atoms with Gasteiger partial charge in [0.2, 0.25) is 0 Å². The molecule has 0 aliphatic rings. The van der Waals surface area contributed by atoms with Crippen molar-refractivity contribution < 1.29 is 14.3 Å². The highest BCUT2D eigenvalue weighted by atomic mass is 16.5. The van der Waals surface area contributed by atoms with Gasteiger partial charge in [-0.1, -0.05) is 54.1 Å². The average Bonchev–Trinajstić information content (AvgIpc) is 2.71. The number of ether oxygens (including phenoxy) is 2. The second kappa shape index (κ2) is 8.90. The Balaban J connectivity index is 1.62. The summed E-state index contributed by atoms with van der Waals surface area (Å²) in [7, 11) is 1.61. The van der Waals surface area contributed by atoms with Gasteiger partial charge in [-0.2, -0.15) is 0 Å². The molecule has 0 unspecified atom stereocenters. The van der Waals surface area contributed by atoms with Gasteiger partial charge in [-0.3, -0.25) is 4.79 Å². The van der Waals surface area contributed by atoms with E-state index < -0.39 is 0 Å². The Hall–Kier alpha value is -3.27. The first-order chi connectivity index (χ1) is 13.2. The van der Waals surface area contributed by atoms with Crippen molar-refractivity contribution in [2.45, 2.75) is 20.1 Å². The standard InChI is InChI=1S/C23H23NO3/c1-17-7-6-10-20(13-17)23(25)24-15-19-11-12-21(22(14-19)26-2)27-16-18-8-4-3-5-9-18/h3-14H,15-16H2,1-2H3,(H,24,25). The molecule has 0 saturated carbocycles. The molecule has 3 rings (SSSR count). The number of nitrogens with one attached hydrogen (secondary N) is 1. The number of rotatable bonds is 7. The maximum atomic E-state index is 12.3. The van der Waals surface area contributed by atoms with E-state index in [1.807, 2.05) is 79.7 Å². The van der Waals surface area contributed by atoms with Crippen molar-refractivity contribution in [3.8, 4) is 11.5 Å². The Morgan fingerprint density at radius 3 is 2.44 bits per heavy atom. The van der Waals surface area contributed by atoms with Crippen LogP contribution in [0.1, 0.15) is 27.0 Å². The number of aryl methyl sites for hydroxylation is 1. The number of benzene rings is 3. The average molecular weight is 361 g/mol. The highest BCUT2D eigenvalue weighted by molar-refractivity contribution is 5.94. The maximum absolute atomic E-state index is 12.3. The van der Waals surface area contributed by atoms with Gasteiger partial charge in [-0.25, -0.2) is 0 Å². The summed E-state index contributed by atoms with van der Waals surface area (Å²) in [6.45, 7) is 2.86. The summed E-state index contributed by atoms with van der Waals surface area (Å²) < 4.78 is 11.3. The molecule has 0 aromatic heterocycles. The smallest absolute Gasteiger partial charge is 0.251 e. The van der Waals surface area contributed by atoms with Crippen LogP contribution in [0.25, 0.3) is 0 Å². The zero-order valence-corrected chi connectivity index (χ0v) is 15.6. The molecular weight excluding hydrogens is 338 g/mol. The van der Waals surface area contributed by atoms with Crippen molar-refractivity contribution in [1.29, 1.82) is 0 Å². The van der Waals surface area contributed by atoms with Crippen LogP contribution in [0, 0.1) is 6.92 Å². The van der Waals surface area contributed by atoms with Gasteiger partial charge in [0.15, 0.2) is 11.5 Å². The number of carbonyl (C=O) groups excluding carboxylic acids is 1. The number of amides is 1. The van der Waals surface area contributed by atoms with E-state index in [0.717, 1.165) is 16.7 Å². The largest absolute Gasteiger partial charge is 0.493 e. The minimum absolute atomic E-state index is 0.0953. The lowest BCUT2D eigenvalue weighted by Gasteiger charge is -2.13. The van der Waals surface area contributed by atoms with Crippen LogP contribution >= 0.6 is 0 Å². The summed E-state index contributed by atoms with van der Waals surface area (Å²) in [5.74, 6) is 1.23. The zero-order chi connectivity index (χ0) is 19.1. The lowest BCUT2D eigenvalue weighted by Crippen LogP contribution is -2.22. The van der Waals surface area contributed by atoms with Crippen molar-refractivity contribution in [1.82, 2.24) is 5.32 Å². The zero-order valence-electron chi connectivity index (χ0n) is 15.6. The van der Waals surface area contributed by atoms with Crippen LogP contribution in [0.4, 0.5) is 0 Å². The maximum Gasteiger partial charge on any atom is 0.251 e. The third kappa shape index (κ3) is 5.11. The number of hydrogen-bond donors (Lipinski definition) is 1. The highest BCUT2D eigenvalue weighted by Crippen LogP contribution is 2.28. The molecule has 138 valence electrons. The molecule has 3 aromatic rings. The number of carbonyl (C=O) groups is 1. The van der Waals surface area contributed by atoms with Crippen LogP contribution in [0.15, 0.2) is 72.8 Å². The molecule has 1 N–H and O–H groups in total. The molecule has 0 atom stereocenters. The van der Waals surface area contributed by atoms with E-state index in [2.05, 4.69) is 5.32 Å². The predicted molar refractivity (Wildman–Crippen MR) is 106 cm³/mol. The fourth-order valence-corrected chi connectivity index (χ4v) is 2.75. The first-order valence-electron chi connectivity index (χ1n) is 8.84.